The maximum Gasteiger partial charge on any atom is 0.410 e. The molecule has 0 aliphatic heterocycles. The zero-order chi connectivity index (χ0) is 27.3. The van der Waals surface area contributed by atoms with E-state index in [0.717, 1.165) is 12.5 Å². The van der Waals surface area contributed by atoms with Crippen LogP contribution in [0.5, 0.6) is 5.75 Å². The van der Waals surface area contributed by atoms with Crippen molar-refractivity contribution in [1.29, 1.82) is 0 Å². The molecule has 1 N–H and O–H groups in total. The van der Waals surface area contributed by atoms with Crippen molar-refractivity contribution >= 4 is 12.1 Å². The number of hydrogen-bond donors (Lipinski definition) is 1. The molecule has 2 rings (SSSR count). The van der Waals surface area contributed by atoms with Crippen LogP contribution in [0.4, 0.5) is 18.0 Å². The molecule has 37 heavy (non-hydrogen) atoms. The number of carbonyl (C=O) groups excluding carboxylic acids is 1. The first-order chi connectivity index (χ1) is 17.6. The van der Waals surface area contributed by atoms with Gasteiger partial charge in [-0.15, -0.1) is 0 Å². The van der Waals surface area contributed by atoms with Crippen LogP contribution in [0.3, 0.4) is 0 Å². The first kappa shape index (κ1) is 29.9. The molecule has 0 aliphatic carbocycles. The molecule has 0 saturated heterocycles. The van der Waals surface area contributed by atoms with Crippen molar-refractivity contribution in [3.63, 3.8) is 0 Å². The van der Waals surface area contributed by atoms with Crippen molar-refractivity contribution in [2.24, 2.45) is 0 Å². The second-order valence-electron chi connectivity index (χ2n) is 8.27. The average Bonchev–Trinajstić information content (AvgIpc) is 2.85. The van der Waals surface area contributed by atoms with E-state index in [0.29, 0.717) is 11.3 Å². The van der Waals surface area contributed by atoms with E-state index < -0.39 is 36.5 Å². The third-order valence-electron chi connectivity index (χ3n) is 5.01. The number of ether oxygens (including phenoxy) is 4. The number of rotatable bonds is 16. The molecule has 1 amide bonds. The fraction of sp³-hybridized carbons (Fsp3) is 0.462. The van der Waals surface area contributed by atoms with Crippen LogP contribution in [0.2, 0.25) is 0 Å². The smallest absolute Gasteiger partial charge is 0.410 e. The van der Waals surface area contributed by atoms with Gasteiger partial charge in [-0.25, -0.2) is 22.8 Å². The van der Waals surface area contributed by atoms with Gasteiger partial charge in [-0.05, 0) is 42.3 Å². The number of carboxylic acids is 1. The third-order valence-corrected chi connectivity index (χ3v) is 5.01. The summed E-state index contributed by atoms with van der Waals surface area (Å²) < 4.78 is 60.2. The average molecular weight is 528 g/mol. The molecule has 204 valence electrons. The topological polar surface area (TPSA) is 94.5 Å². The number of aliphatic carboxylic acids is 1. The largest absolute Gasteiger partial charge is 0.492 e. The fourth-order valence-corrected chi connectivity index (χ4v) is 3.17. The van der Waals surface area contributed by atoms with Gasteiger partial charge in [0.05, 0.1) is 13.2 Å². The number of nitrogens with zero attached hydrogens (tertiary/aromatic N) is 1. The van der Waals surface area contributed by atoms with Gasteiger partial charge in [-0.3, -0.25) is 0 Å². The van der Waals surface area contributed by atoms with Crippen LogP contribution in [-0.2, 0) is 32.0 Å². The first-order valence-electron chi connectivity index (χ1n) is 11.7. The molecule has 0 fully saturated rings. The van der Waals surface area contributed by atoms with E-state index in [1.807, 2.05) is 0 Å². The van der Waals surface area contributed by atoms with Crippen LogP contribution in [0, 0.1) is 5.82 Å². The van der Waals surface area contributed by atoms with E-state index in [4.69, 9.17) is 18.9 Å². The van der Waals surface area contributed by atoms with E-state index in [9.17, 15) is 27.9 Å². The molecule has 0 bridgehead atoms. The molecule has 0 saturated carbocycles. The van der Waals surface area contributed by atoms with E-state index in [-0.39, 0.29) is 45.9 Å². The summed E-state index contributed by atoms with van der Waals surface area (Å²) >= 11 is 0. The van der Waals surface area contributed by atoms with Gasteiger partial charge >= 0.3 is 12.1 Å². The summed E-state index contributed by atoms with van der Waals surface area (Å²) in [4.78, 5) is 25.1. The number of carbonyl (C=O) groups is 2. The number of hydrogen-bond acceptors (Lipinski definition) is 6. The highest BCUT2D eigenvalue weighted by atomic mass is 19.3. The maximum absolute atomic E-state index is 13.1. The summed E-state index contributed by atoms with van der Waals surface area (Å²) in [5, 5.41) is 9.21. The van der Waals surface area contributed by atoms with Crippen LogP contribution < -0.4 is 4.74 Å². The number of amides is 1. The number of carboxylic acid groups (broad SMARTS) is 1. The summed E-state index contributed by atoms with van der Waals surface area (Å²) in [6.07, 6.45) is -1.44. The van der Waals surface area contributed by atoms with Crippen molar-refractivity contribution in [2.75, 3.05) is 39.5 Å². The summed E-state index contributed by atoms with van der Waals surface area (Å²) in [6.45, 7) is 1.90. The second kappa shape index (κ2) is 15.1. The SMILES string of the molecule is CCOC(Cc1ccc(OCCN(CCOCC(C)(F)F)C(=O)OCc2ccc(F)cc2)cc1)C(=O)O. The number of halogens is 3. The highest BCUT2D eigenvalue weighted by Gasteiger charge is 2.22. The Bertz CT molecular complexity index is 966. The van der Waals surface area contributed by atoms with Gasteiger partial charge in [0.2, 0.25) is 0 Å². The minimum atomic E-state index is -2.99. The van der Waals surface area contributed by atoms with Crippen molar-refractivity contribution in [3.8, 4) is 5.75 Å². The lowest BCUT2D eigenvalue weighted by atomic mass is 10.1. The maximum atomic E-state index is 13.1. The highest BCUT2D eigenvalue weighted by Crippen LogP contribution is 2.15. The monoisotopic (exact) mass is 527 g/mol. The van der Waals surface area contributed by atoms with Gasteiger partial charge in [0.25, 0.3) is 5.92 Å². The molecule has 0 aromatic heterocycles. The van der Waals surface area contributed by atoms with E-state index in [2.05, 4.69) is 0 Å². The lowest BCUT2D eigenvalue weighted by molar-refractivity contribution is -0.149. The summed E-state index contributed by atoms with van der Waals surface area (Å²) in [5.74, 6) is -3.95. The standard InChI is InChI=1S/C26H32F3NO7/c1-3-35-23(24(31)32)16-19-6-10-22(11-7-19)36-15-13-30(12-14-34-18-26(2,28)29)25(33)37-17-20-4-8-21(27)9-5-20/h4-11,23H,3,12-18H2,1-2H3,(H,31,32). The van der Waals surface area contributed by atoms with Gasteiger partial charge in [0.15, 0.2) is 6.10 Å². The quantitative estimate of drug-likeness (QED) is 0.320. The Hall–Kier alpha value is -3.31. The molecule has 1 atom stereocenters. The Kier molecular flexibility index (Phi) is 12.2. The molecule has 0 spiro atoms. The van der Waals surface area contributed by atoms with Gasteiger partial charge in [-0.1, -0.05) is 24.3 Å². The zero-order valence-corrected chi connectivity index (χ0v) is 20.8. The van der Waals surface area contributed by atoms with Crippen molar-refractivity contribution in [3.05, 3.63) is 65.5 Å². The highest BCUT2D eigenvalue weighted by molar-refractivity contribution is 5.72. The fourth-order valence-electron chi connectivity index (χ4n) is 3.17. The summed E-state index contributed by atoms with van der Waals surface area (Å²) in [6, 6.07) is 12.2. The summed E-state index contributed by atoms with van der Waals surface area (Å²) in [5.41, 5.74) is 1.34. The molecular weight excluding hydrogens is 495 g/mol. The van der Waals surface area contributed by atoms with Crippen molar-refractivity contribution in [2.45, 2.75) is 38.9 Å². The van der Waals surface area contributed by atoms with Gasteiger partial charge in [0.1, 0.15) is 31.4 Å². The molecule has 2 aromatic carbocycles. The number of alkyl halides is 2. The van der Waals surface area contributed by atoms with Gasteiger partial charge in [-0.2, -0.15) is 0 Å². The normalized spacial score (nSPS) is 12.1. The summed E-state index contributed by atoms with van der Waals surface area (Å²) in [7, 11) is 0. The zero-order valence-electron chi connectivity index (χ0n) is 20.8. The second-order valence-corrected chi connectivity index (χ2v) is 8.27. The Morgan fingerprint density at radius 3 is 2.22 bits per heavy atom. The molecule has 0 heterocycles. The molecule has 8 nitrogen and oxygen atoms in total. The predicted molar refractivity (Wildman–Crippen MR) is 128 cm³/mol. The Morgan fingerprint density at radius 1 is 1.00 bits per heavy atom. The molecule has 1 unspecified atom stereocenters. The predicted octanol–water partition coefficient (Wildman–Crippen LogP) is 4.55. The lowest BCUT2D eigenvalue weighted by Crippen LogP contribution is -2.38. The Labute approximate surface area is 213 Å². The van der Waals surface area contributed by atoms with Crippen LogP contribution in [0.25, 0.3) is 0 Å². The molecule has 0 aliphatic rings. The molecule has 0 radical (unpaired) electrons. The van der Waals surface area contributed by atoms with Crippen LogP contribution in [0.1, 0.15) is 25.0 Å². The number of benzene rings is 2. The molecule has 11 heteroatoms. The van der Waals surface area contributed by atoms with Gasteiger partial charge < -0.3 is 29.0 Å². The van der Waals surface area contributed by atoms with Crippen molar-refractivity contribution in [1.82, 2.24) is 4.90 Å². The van der Waals surface area contributed by atoms with E-state index in [1.54, 1.807) is 31.2 Å². The van der Waals surface area contributed by atoms with E-state index in [1.165, 1.54) is 29.2 Å². The molecule has 2 aromatic rings. The van der Waals surface area contributed by atoms with Gasteiger partial charge in [0, 0.05) is 26.5 Å². The Morgan fingerprint density at radius 2 is 1.62 bits per heavy atom. The minimum absolute atomic E-state index is 0.00532. The lowest BCUT2D eigenvalue weighted by Gasteiger charge is -2.23. The minimum Gasteiger partial charge on any atom is -0.492 e. The third kappa shape index (κ3) is 12.0. The van der Waals surface area contributed by atoms with Crippen LogP contribution in [-0.4, -0.2) is 73.6 Å². The van der Waals surface area contributed by atoms with Crippen LogP contribution in [0.15, 0.2) is 48.5 Å². The first-order valence-corrected chi connectivity index (χ1v) is 11.7. The van der Waals surface area contributed by atoms with Crippen molar-refractivity contribution < 1.29 is 46.8 Å². The van der Waals surface area contributed by atoms with Crippen LogP contribution >= 0.6 is 0 Å². The van der Waals surface area contributed by atoms with E-state index >= 15 is 0 Å². The Balaban J connectivity index is 1.89. The molecular formula is C26H32F3NO7.